The standard InChI is InChI=1S/C15H25ClN4.HI/c1-4-17-15(18-9-5-6-12(2)3)20-11-13-7-8-14(16)19-10-13;/h7-8,10,12H,4-6,9,11H2,1-3H3,(H2,17,18,20);1H. The van der Waals surface area contributed by atoms with Crippen molar-refractivity contribution in [1.29, 1.82) is 0 Å². The summed E-state index contributed by atoms with van der Waals surface area (Å²) in [4.78, 5) is 8.59. The third-order valence-electron chi connectivity index (χ3n) is 2.80. The van der Waals surface area contributed by atoms with Crippen molar-refractivity contribution >= 4 is 41.5 Å². The molecule has 0 saturated heterocycles. The third-order valence-corrected chi connectivity index (χ3v) is 3.03. The molecule has 0 saturated carbocycles. The van der Waals surface area contributed by atoms with E-state index in [2.05, 4.69) is 41.4 Å². The molecule has 0 aliphatic rings. The van der Waals surface area contributed by atoms with Crippen LogP contribution in [0.15, 0.2) is 23.3 Å². The van der Waals surface area contributed by atoms with E-state index in [4.69, 9.17) is 11.6 Å². The van der Waals surface area contributed by atoms with Crippen LogP contribution in [0.4, 0.5) is 0 Å². The lowest BCUT2D eigenvalue weighted by Crippen LogP contribution is -2.37. The predicted octanol–water partition coefficient (Wildman–Crippen LogP) is 3.84. The van der Waals surface area contributed by atoms with Crippen LogP contribution in [0.25, 0.3) is 0 Å². The Balaban J connectivity index is 0.00000400. The van der Waals surface area contributed by atoms with Crippen LogP contribution in [-0.2, 0) is 6.54 Å². The van der Waals surface area contributed by atoms with Gasteiger partial charge in [0.25, 0.3) is 0 Å². The highest BCUT2D eigenvalue weighted by molar-refractivity contribution is 14.0. The fourth-order valence-corrected chi connectivity index (χ4v) is 1.84. The minimum atomic E-state index is 0. The Morgan fingerprint density at radius 3 is 2.67 bits per heavy atom. The Hall–Kier alpha value is -0.560. The molecule has 0 amide bonds. The van der Waals surface area contributed by atoms with E-state index in [0.29, 0.717) is 11.7 Å². The van der Waals surface area contributed by atoms with E-state index in [1.165, 1.54) is 6.42 Å². The Morgan fingerprint density at radius 1 is 1.33 bits per heavy atom. The van der Waals surface area contributed by atoms with Crippen LogP contribution >= 0.6 is 35.6 Å². The Morgan fingerprint density at radius 2 is 2.10 bits per heavy atom. The maximum Gasteiger partial charge on any atom is 0.191 e. The summed E-state index contributed by atoms with van der Waals surface area (Å²) in [5, 5.41) is 7.11. The van der Waals surface area contributed by atoms with Crippen molar-refractivity contribution in [2.75, 3.05) is 13.1 Å². The summed E-state index contributed by atoms with van der Waals surface area (Å²) in [7, 11) is 0. The molecule has 1 heterocycles. The average Bonchev–Trinajstić information content (AvgIpc) is 2.42. The molecule has 0 fully saturated rings. The molecular weight excluding hydrogens is 399 g/mol. The van der Waals surface area contributed by atoms with Crippen LogP contribution in [0.3, 0.4) is 0 Å². The molecule has 0 aliphatic heterocycles. The fraction of sp³-hybridized carbons (Fsp3) is 0.600. The van der Waals surface area contributed by atoms with Gasteiger partial charge in [-0.05, 0) is 37.3 Å². The Labute approximate surface area is 150 Å². The minimum absolute atomic E-state index is 0. The summed E-state index contributed by atoms with van der Waals surface area (Å²) in [5.74, 6) is 1.60. The van der Waals surface area contributed by atoms with Gasteiger partial charge in [0.15, 0.2) is 5.96 Å². The zero-order valence-electron chi connectivity index (χ0n) is 13.0. The second-order valence-electron chi connectivity index (χ2n) is 5.15. The van der Waals surface area contributed by atoms with Gasteiger partial charge in [0, 0.05) is 19.3 Å². The summed E-state index contributed by atoms with van der Waals surface area (Å²) in [5.41, 5.74) is 1.05. The van der Waals surface area contributed by atoms with Gasteiger partial charge in [-0.25, -0.2) is 9.98 Å². The summed E-state index contributed by atoms with van der Waals surface area (Å²) >= 11 is 5.76. The molecule has 4 nitrogen and oxygen atoms in total. The predicted molar refractivity (Wildman–Crippen MR) is 102 cm³/mol. The molecule has 0 spiro atoms. The molecule has 2 N–H and O–H groups in total. The van der Waals surface area contributed by atoms with Gasteiger partial charge < -0.3 is 10.6 Å². The van der Waals surface area contributed by atoms with Gasteiger partial charge in [-0.2, -0.15) is 0 Å². The quantitative estimate of drug-likeness (QED) is 0.230. The SMILES string of the molecule is CCNC(=NCc1ccc(Cl)nc1)NCCCC(C)C.I. The number of nitrogens with one attached hydrogen (secondary N) is 2. The minimum Gasteiger partial charge on any atom is -0.357 e. The van der Waals surface area contributed by atoms with Gasteiger partial charge in [0.2, 0.25) is 0 Å². The van der Waals surface area contributed by atoms with Crippen molar-refractivity contribution < 1.29 is 0 Å². The van der Waals surface area contributed by atoms with Crippen molar-refractivity contribution in [3.8, 4) is 0 Å². The van der Waals surface area contributed by atoms with E-state index in [1.807, 2.05) is 6.07 Å². The molecule has 0 unspecified atom stereocenters. The molecule has 0 aliphatic carbocycles. The first kappa shape index (κ1) is 20.4. The lowest BCUT2D eigenvalue weighted by atomic mass is 10.1. The molecule has 0 atom stereocenters. The first-order chi connectivity index (χ1) is 9.61. The van der Waals surface area contributed by atoms with Crippen LogP contribution < -0.4 is 10.6 Å². The number of aliphatic imine (C=N–C) groups is 1. The number of rotatable bonds is 7. The van der Waals surface area contributed by atoms with E-state index in [-0.39, 0.29) is 24.0 Å². The van der Waals surface area contributed by atoms with Crippen LogP contribution in [0.5, 0.6) is 0 Å². The highest BCUT2D eigenvalue weighted by Crippen LogP contribution is 2.06. The van der Waals surface area contributed by atoms with Gasteiger partial charge in [0.05, 0.1) is 6.54 Å². The molecule has 120 valence electrons. The number of pyridine rings is 1. The van der Waals surface area contributed by atoms with Crippen LogP contribution in [0.1, 0.15) is 39.2 Å². The van der Waals surface area contributed by atoms with Crippen molar-refractivity contribution in [3.05, 3.63) is 29.0 Å². The number of aromatic nitrogens is 1. The maximum atomic E-state index is 5.76. The van der Waals surface area contributed by atoms with Gasteiger partial charge in [0.1, 0.15) is 5.15 Å². The summed E-state index contributed by atoms with van der Waals surface area (Å²) in [6, 6.07) is 3.73. The topological polar surface area (TPSA) is 49.3 Å². The normalized spacial score (nSPS) is 11.2. The van der Waals surface area contributed by atoms with E-state index < -0.39 is 0 Å². The lowest BCUT2D eigenvalue weighted by Gasteiger charge is -2.12. The van der Waals surface area contributed by atoms with E-state index >= 15 is 0 Å². The summed E-state index contributed by atoms with van der Waals surface area (Å²) in [6.07, 6.45) is 4.15. The second kappa shape index (κ2) is 12.0. The van der Waals surface area contributed by atoms with E-state index in [1.54, 1.807) is 12.3 Å². The monoisotopic (exact) mass is 424 g/mol. The van der Waals surface area contributed by atoms with E-state index in [9.17, 15) is 0 Å². The van der Waals surface area contributed by atoms with Crippen LogP contribution in [-0.4, -0.2) is 24.0 Å². The van der Waals surface area contributed by atoms with Gasteiger partial charge >= 0.3 is 0 Å². The van der Waals surface area contributed by atoms with Gasteiger partial charge in [-0.1, -0.05) is 31.5 Å². The molecule has 1 rings (SSSR count). The molecule has 0 aromatic carbocycles. The molecular formula is C15H26ClIN4. The number of nitrogens with zero attached hydrogens (tertiary/aromatic N) is 2. The maximum absolute atomic E-state index is 5.76. The first-order valence-electron chi connectivity index (χ1n) is 7.24. The molecule has 0 bridgehead atoms. The number of halogens is 2. The summed E-state index contributed by atoms with van der Waals surface area (Å²) in [6.45, 7) is 8.95. The smallest absolute Gasteiger partial charge is 0.191 e. The molecule has 0 radical (unpaired) electrons. The molecule has 1 aromatic heterocycles. The van der Waals surface area contributed by atoms with E-state index in [0.717, 1.165) is 37.0 Å². The van der Waals surface area contributed by atoms with Crippen molar-refractivity contribution in [1.82, 2.24) is 15.6 Å². The highest BCUT2D eigenvalue weighted by atomic mass is 127. The van der Waals surface area contributed by atoms with Crippen molar-refractivity contribution in [2.45, 2.75) is 40.2 Å². The van der Waals surface area contributed by atoms with Crippen molar-refractivity contribution in [2.24, 2.45) is 10.9 Å². The summed E-state index contributed by atoms with van der Waals surface area (Å²) < 4.78 is 0. The van der Waals surface area contributed by atoms with Gasteiger partial charge in [-0.15, -0.1) is 24.0 Å². The number of guanidine groups is 1. The van der Waals surface area contributed by atoms with Crippen molar-refractivity contribution in [3.63, 3.8) is 0 Å². The number of hydrogen-bond donors (Lipinski definition) is 2. The molecule has 1 aromatic rings. The fourth-order valence-electron chi connectivity index (χ4n) is 1.73. The lowest BCUT2D eigenvalue weighted by molar-refractivity contribution is 0.549. The largest absolute Gasteiger partial charge is 0.357 e. The first-order valence-corrected chi connectivity index (χ1v) is 7.62. The average molecular weight is 425 g/mol. The van der Waals surface area contributed by atoms with Crippen LogP contribution in [0, 0.1) is 5.92 Å². The number of hydrogen-bond acceptors (Lipinski definition) is 2. The van der Waals surface area contributed by atoms with Crippen LogP contribution in [0.2, 0.25) is 5.15 Å². The molecule has 6 heteroatoms. The zero-order chi connectivity index (χ0) is 14.8. The second-order valence-corrected chi connectivity index (χ2v) is 5.53. The highest BCUT2D eigenvalue weighted by Gasteiger charge is 1.99. The zero-order valence-corrected chi connectivity index (χ0v) is 16.1. The Kier molecular flexibility index (Phi) is 11.7. The van der Waals surface area contributed by atoms with Gasteiger partial charge in [-0.3, -0.25) is 0 Å². The molecule has 21 heavy (non-hydrogen) atoms. The third kappa shape index (κ3) is 9.90. The Bertz CT molecular complexity index is 407.